The van der Waals surface area contributed by atoms with Crippen molar-refractivity contribution in [2.24, 2.45) is 0 Å². The Balaban J connectivity index is 3.56. The molecule has 0 aromatic carbocycles. The van der Waals surface area contributed by atoms with Crippen LogP contribution in [-0.4, -0.2) is 46.9 Å². The van der Waals surface area contributed by atoms with E-state index in [0.717, 1.165) is 12.8 Å². The number of unbranched alkanes of at least 4 members (excludes halogenated alkanes) is 9. The lowest BCUT2D eigenvalue weighted by Gasteiger charge is -2.20. The molecule has 0 radical (unpaired) electrons. The van der Waals surface area contributed by atoms with Crippen LogP contribution in [-0.2, 0) is 14.4 Å². The highest BCUT2D eigenvalue weighted by Gasteiger charge is 2.10. The second-order valence-corrected chi connectivity index (χ2v) is 6.23. The van der Waals surface area contributed by atoms with E-state index < -0.39 is 11.9 Å². The zero-order valence-electron chi connectivity index (χ0n) is 15.2. The maximum absolute atomic E-state index is 10.6. The van der Waals surface area contributed by atoms with Gasteiger partial charge in [0.2, 0.25) is 0 Å². The highest BCUT2D eigenvalue weighted by atomic mass is 16.7. The van der Waals surface area contributed by atoms with Gasteiger partial charge in [-0.15, -0.1) is 0 Å². The van der Waals surface area contributed by atoms with Gasteiger partial charge in [-0.2, -0.15) is 5.06 Å². The van der Waals surface area contributed by atoms with Crippen LogP contribution >= 0.6 is 0 Å². The van der Waals surface area contributed by atoms with E-state index in [0.29, 0.717) is 6.61 Å². The third-order valence-corrected chi connectivity index (χ3v) is 3.92. The summed E-state index contributed by atoms with van der Waals surface area (Å²) < 4.78 is 0. The number of rotatable bonds is 18. The first-order valence-electron chi connectivity index (χ1n) is 9.37. The van der Waals surface area contributed by atoms with Crippen molar-refractivity contribution in [3.63, 3.8) is 0 Å². The molecule has 6 nitrogen and oxygen atoms in total. The molecule has 0 aliphatic heterocycles. The minimum atomic E-state index is -0.905. The predicted octanol–water partition coefficient (Wildman–Crippen LogP) is 4.09. The molecule has 0 spiro atoms. The van der Waals surface area contributed by atoms with Gasteiger partial charge >= 0.3 is 11.9 Å². The summed E-state index contributed by atoms with van der Waals surface area (Å²) in [6.45, 7) is 3.20. The molecule has 0 atom stereocenters. The number of hydroxylamine groups is 2. The molecule has 0 aliphatic rings. The maximum atomic E-state index is 10.6. The first-order valence-corrected chi connectivity index (χ1v) is 9.37. The molecule has 0 aromatic heterocycles. The average Bonchev–Trinajstić information content (AvgIpc) is 2.54. The summed E-state index contributed by atoms with van der Waals surface area (Å²) in [5.41, 5.74) is 0. The summed E-state index contributed by atoms with van der Waals surface area (Å²) in [6.07, 6.45) is 12.3. The van der Waals surface area contributed by atoms with Crippen molar-refractivity contribution in [2.45, 2.75) is 84.0 Å². The summed E-state index contributed by atoms with van der Waals surface area (Å²) in [4.78, 5) is 26.7. The normalized spacial score (nSPS) is 11.1. The number of hydrogen-bond acceptors (Lipinski definition) is 4. The zero-order valence-corrected chi connectivity index (χ0v) is 15.2. The van der Waals surface area contributed by atoms with E-state index in [2.05, 4.69) is 6.92 Å². The standard InChI is InChI=1S/C18H35NO5/c1-2-3-4-5-6-7-8-9-10-11-16-24-19(14-12-17(20)21)15-13-18(22)23/h2-16H2,1H3,(H,20,21)(H,22,23). The van der Waals surface area contributed by atoms with Gasteiger partial charge in [-0.05, 0) is 6.42 Å². The predicted molar refractivity (Wildman–Crippen MR) is 93.9 cm³/mol. The van der Waals surface area contributed by atoms with Crippen LogP contribution in [0.1, 0.15) is 84.0 Å². The van der Waals surface area contributed by atoms with Crippen molar-refractivity contribution >= 4 is 11.9 Å². The van der Waals surface area contributed by atoms with Crippen LogP contribution in [0.3, 0.4) is 0 Å². The fourth-order valence-electron chi connectivity index (χ4n) is 2.46. The second kappa shape index (κ2) is 16.7. The van der Waals surface area contributed by atoms with E-state index in [4.69, 9.17) is 15.1 Å². The van der Waals surface area contributed by atoms with Gasteiger partial charge in [0.05, 0.1) is 19.4 Å². The van der Waals surface area contributed by atoms with E-state index in [-0.39, 0.29) is 25.9 Å². The molecule has 0 amide bonds. The van der Waals surface area contributed by atoms with Crippen LogP contribution in [0.5, 0.6) is 0 Å². The molecule has 142 valence electrons. The summed E-state index contributed by atoms with van der Waals surface area (Å²) in [6, 6.07) is 0. The third-order valence-electron chi connectivity index (χ3n) is 3.92. The number of carbonyl (C=O) groups is 2. The smallest absolute Gasteiger partial charge is 0.304 e. The molecule has 0 saturated heterocycles. The van der Waals surface area contributed by atoms with Crippen LogP contribution in [0.15, 0.2) is 0 Å². The molecule has 0 aromatic rings. The molecule has 0 rings (SSSR count). The van der Waals surface area contributed by atoms with Crippen LogP contribution in [0.25, 0.3) is 0 Å². The van der Waals surface area contributed by atoms with E-state index in [1.807, 2.05) is 0 Å². The molecule has 0 aliphatic carbocycles. The highest BCUT2D eigenvalue weighted by molar-refractivity contribution is 5.67. The molecule has 6 heteroatoms. The Morgan fingerprint density at radius 2 is 1.17 bits per heavy atom. The lowest BCUT2D eigenvalue weighted by Crippen LogP contribution is -2.29. The molecule has 0 saturated carbocycles. The van der Waals surface area contributed by atoms with Crippen molar-refractivity contribution in [2.75, 3.05) is 19.7 Å². The zero-order chi connectivity index (χ0) is 18.0. The van der Waals surface area contributed by atoms with Gasteiger partial charge < -0.3 is 10.2 Å². The fourth-order valence-corrected chi connectivity index (χ4v) is 2.46. The number of nitrogens with zero attached hydrogens (tertiary/aromatic N) is 1. The molecular weight excluding hydrogens is 310 g/mol. The number of carboxylic acid groups (broad SMARTS) is 2. The van der Waals surface area contributed by atoms with Crippen molar-refractivity contribution in [3.8, 4) is 0 Å². The second-order valence-electron chi connectivity index (χ2n) is 6.23. The Bertz CT molecular complexity index is 305. The van der Waals surface area contributed by atoms with Crippen molar-refractivity contribution in [3.05, 3.63) is 0 Å². The van der Waals surface area contributed by atoms with Gasteiger partial charge in [-0.1, -0.05) is 64.7 Å². The van der Waals surface area contributed by atoms with E-state index >= 15 is 0 Å². The van der Waals surface area contributed by atoms with Crippen LogP contribution < -0.4 is 0 Å². The first kappa shape index (κ1) is 22.9. The quantitative estimate of drug-likeness (QED) is 0.287. The lowest BCUT2D eigenvalue weighted by atomic mass is 10.1. The Morgan fingerprint density at radius 1 is 0.750 bits per heavy atom. The molecule has 0 fully saturated rings. The average molecular weight is 345 g/mol. The topological polar surface area (TPSA) is 87.1 Å². The third kappa shape index (κ3) is 17.2. The van der Waals surface area contributed by atoms with Crippen LogP contribution in [0.2, 0.25) is 0 Å². The van der Waals surface area contributed by atoms with Gasteiger partial charge in [0.25, 0.3) is 0 Å². The molecule has 2 N–H and O–H groups in total. The number of hydrogen-bond donors (Lipinski definition) is 2. The molecule has 0 bridgehead atoms. The van der Waals surface area contributed by atoms with Gasteiger partial charge in [0, 0.05) is 13.1 Å². The van der Waals surface area contributed by atoms with Crippen LogP contribution in [0.4, 0.5) is 0 Å². The number of carboxylic acids is 2. The van der Waals surface area contributed by atoms with Gasteiger partial charge in [-0.25, -0.2) is 0 Å². The lowest BCUT2D eigenvalue weighted by molar-refractivity contribution is -0.170. The largest absolute Gasteiger partial charge is 0.481 e. The minimum Gasteiger partial charge on any atom is -0.481 e. The Labute approximate surface area is 146 Å². The Morgan fingerprint density at radius 3 is 1.58 bits per heavy atom. The maximum Gasteiger partial charge on any atom is 0.304 e. The Hall–Kier alpha value is -1.14. The highest BCUT2D eigenvalue weighted by Crippen LogP contribution is 2.10. The van der Waals surface area contributed by atoms with Crippen molar-refractivity contribution in [1.29, 1.82) is 0 Å². The summed E-state index contributed by atoms with van der Waals surface area (Å²) in [7, 11) is 0. The summed E-state index contributed by atoms with van der Waals surface area (Å²) in [5.74, 6) is -1.81. The SMILES string of the molecule is CCCCCCCCCCCCON(CCC(=O)O)CCC(=O)O. The van der Waals surface area contributed by atoms with Crippen LogP contribution in [0, 0.1) is 0 Å². The molecule has 0 unspecified atom stereocenters. The fraction of sp³-hybridized carbons (Fsp3) is 0.889. The van der Waals surface area contributed by atoms with Gasteiger partial charge in [0.15, 0.2) is 0 Å². The summed E-state index contributed by atoms with van der Waals surface area (Å²) >= 11 is 0. The Kier molecular flexibility index (Phi) is 15.9. The van der Waals surface area contributed by atoms with E-state index in [9.17, 15) is 9.59 Å². The van der Waals surface area contributed by atoms with Crippen molar-refractivity contribution < 1.29 is 24.6 Å². The molecule has 0 heterocycles. The van der Waals surface area contributed by atoms with Crippen molar-refractivity contribution in [1.82, 2.24) is 5.06 Å². The monoisotopic (exact) mass is 345 g/mol. The first-order chi connectivity index (χ1) is 11.6. The van der Waals surface area contributed by atoms with Gasteiger partial charge in [-0.3, -0.25) is 14.4 Å². The minimum absolute atomic E-state index is 0.0440. The van der Waals surface area contributed by atoms with E-state index in [1.54, 1.807) is 0 Å². The summed E-state index contributed by atoms with van der Waals surface area (Å²) in [5, 5.41) is 18.9. The molecule has 24 heavy (non-hydrogen) atoms. The number of aliphatic carboxylic acids is 2. The molecular formula is C18H35NO5. The van der Waals surface area contributed by atoms with Gasteiger partial charge in [0.1, 0.15) is 0 Å². The van der Waals surface area contributed by atoms with E-state index in [1.165, 1.54) is 56.4 Å².